The summed E-state index contributed by atoms with van der Waals surface area (Å²) in [5.41, 5.74) is 5.33. The van der Waals surface area contributed by atoms with Crippen molar-refractivity contribution >= 4 is 11.7 Å². The van der Waals surface area contributed by atoms with E-state index < -0.39 is 11.8 Å². The minimum atomic E-state index is -0.800. The summed E-state index contributed by atoms with van der Waals surface area (Å²) < 4.78 is 33.5. The van der Waals surface area contributed by atoms with Crippen molar-refractivity contribution in [1.29, 1.82) is 0 Å². The Labute approximate surface area is 122 Å². The van der Waals surface area contributed by atoms with E-state index in [9.17, 15) is 9.18 Å². The van der Waals surface area contributed by atoms with Crippen LogP contribution in [0.25, 0.3) is 0 Å². The molecular formula is C14H20FNO5. The van der Waals surface area contributed by atoms with Crippen molar-refractivity contribution in [2.24, 2.45) is 0 Å². The first kappa shape index (κ1) is 17.4. The summed E-state index contributed by atoms with van der Waals surface area (Å²) in [7, 11) is 1.59. The number of nitrogens with two attached hydrogens (primary N) is 1. The monoisotopic (exact) mass is 301 g/mol. The summed E-state index contributed by atoms with van der Waals surface area (Å²) in [6.45, 7) is 2.06. The maximum atomic E-state index is 13.4. The number of hydrogen-bond donors (Lipinski definition) is 1. The molecule has 118 valence electrons. The van der Waals surface area contributed by atoms with Crippen LogP contribution in [0.15, 0.2) is 18.2 Å². The van der Waals surface area contributed by atoms with E-state index in [0.29, 0.717) is 26.4 Å². The second kappa shape index (κ2) is 10.1. The van der Waals surface area contributed by atoms with E-state index in [1.54, 1.807) is 7.11 Å². The van der Waals surface area contributed by atoms with Gasteiger partial charge >= 0.3 is 5.97 Å². The molecule has 0 aliphatic rings. The zero-order valence-corrected chi connectivity index (χ0v) is 12.0. The number of benzene rings is 1. The zero-order valence-electron chi connectivity index (χ0n) is 12.0. The van der Waals surface area contributed by atoms with Crippen LogP contribution in [0.5, 0.6) is 0 Å². The Morgan fingerprint density at radius 3 is 2.33 bits per heavy atom. The van der Waals surface area contributed by atoms with Crippen LogP contribution >= 0.6 is 0 Å². The molecule has 0 saturated carbocycles. The Balaban J connectivity index is 2.14. The molecule has 1 aromatic carbocycles. The van der Waals surface area contributed by atoms with Gasteiger partial charge in [-0.25, -0.2) is 9.18 Å². The lowest BCUT2D eigenvalue weighted by Gasteiger charge is -2.08. The van der Waals surface area contributed by atoms with E-state index in [4.69, 9.17) is 24.7 Å². The van der Waals surface area contributed by atoms with Crippen molar-refractivity contribution in [2.45, 2.75) is 0 Å². The zero-order chi connectivity index (χ0) is 15.5. The van der Waals surface area contributed by atoms with Gasteiger partial charge in [-0.05, 0) is 12.1 Å². The van der Waals surface area contributed by atoms with Crippen molar-refractivity contribution in [3.8, 4) is 0 Å². The SMILES string of the molecule is COCCOCCOCCOC(=O)c1c(N)cccc1F. The van der Waals surface area contributed by atoms with E-state index in [1.807, 2.05) is 0 Å². The van der Waals surface area contributed by atoms with Crippen LogP contribution in [-0.2, 0) is 18.9 Å². The minimum absolute atomic E-state index is 0.0185. The van der Waals surface area contributed by atoms with Crippen LogP contribution in [0.2, 0.25) is 0 Å². The number of ether oxygens (including phenoxy) is 4. The van der Waals surface area contributed by atoms with E-state index in [1.165, 1.54) is 12.1 Å². The molecule has 2 N–H and O–H groups in total. The van der Waals surface area contributed by atoms with E-state index >= 15 is 0 Å². The number of carbonyl (C=O) groups is 1. The number of hydrogen-bond acceptors (Lipinski definition) is 6. The van der Waals surface area contributed by atoms with Gasteiger partial charge in [-0.3, -0.25) is 0 Å². The lowest BCUT2D eigenvalue weighted by atomic mass is 10.2. The summed E-state index contributed by atoms with van der Waals surface area (Å²) in [5, 5.41) is 0. The number of carbonyl (C=O) groups excluding carboxylic acids is 1. The second-order valence-corrected chi connectivity index (χ2v) is 4.06. The van der Waals surface area contributed by atoms with Gasteiger partial charge in [0.05, 0.1) is 33.0 Å². The third-order valence-corrected chi connectivity index (χ3v) is 2.51. The van der Waals surface area contributed by atoms with Crippen LogP contribution in [0.4, 0.5) is 10.1 Å². The van der Waals surface area contributed by atoms with Gasteiger partial charge in [0.2, 0.25) is 0 Å². The molecule has 0 amide bonds. The third kappa shape index (κ3) is 6.52. The fourth-order valence-corrected chi connectivity index (χ4v) is 1.49. The predicted molar refractivity (Wildman–Crippen MR) is 74.6 cm³/mol. The van der Waals surface area contributed by atoms with Gasteiger partial charge in [0.1, 0.15) is 18.0 Å². The lowest BCUT2D eigenvalue weighted by Crippen LogP contribution is -2.15. The maximum Gasteiger partial charge on any atom is 0.343 e. The predicted octanol–water partition coefficient (Wildman–Crippen LogP) is 1.24. The third-order valence-electron chi connectivity index (χ3n) is 2.51. The number of methoxy groups -OCH3 is 1. The first-order valence-corrected chi connectivity index (χ1v) is 6.52. The van der Waals surface area contributed by atoms with E-state index in [0.717, 1.165) is 6.07 Å². The molecular weight excluding hydrogens is 281 g/mol. The van der Waals surface area contributed by atoms with Crippen molar-refractivity contribution in [1.82, 2.24) is 0 Å². The Morgan fingerprint density at radius 2 is 1.71 bits per heavy atom. The number of esters is 1. The van der Waals surface area contributed by atoms with Gasteiger partial charge in [-0.2, -0.15) is 0 Å². The quantitative estimate of drug-likeness (QED) is 0.398. The Kier molecular flexibility index (Phi) is 8.34. The normalized spacial score (nSPS) is 10.6. The van der Waals surface area contributed by atoms with E-state index in [-0.39, 0.29) is 24.5 Å². The minimum Gasteiger partial charge on any atom is -0.460 e. The molecule has 7 heteroatoms. The van der Waals surface area contributed by atoms with Gasteiger partial charge in [0.15, 0.2) is 0 Å². The second-order valence-electron chi connectivity index (χ2n) is 4.06. The number of rotatable bonds is 10. The molecule has 21 heavy (non-hydrogen) atoms. The standard InChI is InChI=1S/C14H20FNO5/c1-18-5-6-19-7-8-20-9-10-21-14(17)13-11(15)3-2-4-12(13)16/h2-4H,5-10,16H2,1H3. The summed E-state index contributed by atoms with van der Waals surface area (Å²) in [4.78, 5) is 11.7. The molecule has 0 bridgehead atoms. The summed E-state index contributed by atoms with van der Waals surface area (Å²) in [5.74, 6) is -1.50. The molecule has 0 heterocycles. The molecule has 0 saturated heterocycles. The molecule has 1 rings (SSSR count). The average molecular weight is 301 g/mol. The number of anilines is 1. The molecule has 6 nitrogen and oxygen atoms in total. The Hall–Kier alpha value is -1.70. The largest absolute Gasteiger partial charge is 0.460 e. The number of nitrogen functional groups attached to an aromatic ring is 1. The van der Waals surface area contributed by atoms with Crippen LogP contribution in [0.3, 0.4) is 0 Å². The summed E-state index contributed by atoms with van der Waals surface area (Å²) in [6, 6.07) is 4.02. The first-order chi connectivity index (χ1) is 10.2. The van der Waals surface area contributed by atoms with Gasteiger partial charge in [0.25, 0.3) is 0 Å². The molecule has 0 aliphatic carbocycles. The highest BCUT2D eigenvalue weighted by Gasteiger charge is 2.16. The highest BCUT2D eigenvalue weighted by atomic mass is 19.1. The molecule has 0 unspecified atom stereocenters. The van der Waals surface area contributed by atoms with E-state index in [2.05, 4.69) is 0 Å². The molecule has 0 spiro atoms. The molecule has 0 atom stereocenters. The molecule has 0 radical (unpaired) electrons. The van der Waals surface area contributed by atoms with Crippen molar-refractivity contribution in [3.63, 3.8) is 0 Å². The topological polar surface area (TPSA) is 80.0 Å². The Bertz CT molecular complexity index is 421. The van der Waals surface area contributed by atoms with Crippen molar-refractivity contribution in [3.05, 3.63) is 29.6 Å². The summed E-state index contributed by atoms with van der Waals surface area (Å²) in [6.07, 6.45) is 0. The van der Waals surface area contributed by atoms with Crippen LogP contribution < -0.4 is 5.73 Å². The maximum absolute atomic E-state index is 13.4. The number of halogens is 1. The molecule has 0 fully saturated rings. The highest BCUT2D eigenvalue weighted by Crippen LogP contribution is 2.16. The smallest absolute Gasteiger partial charge is 0.343 e. The van der Waals surface area contributed by atoms with Crippen molar-refractivity contribution in [2.75, 3.05) is 52.5 Å². The fourth-order valence-electron chi connectivity index (χ4n) is 1.49. The van der Waals surface area contributed by atoms with Crippen LogP contribution in [0, 0.1) is 5.82 Å². The molecule has 0 aliphatic heterocycles. The van der Waals surface area contributed by atoms with Gasteiger partial charge in [-0.15, -0.1) is 0 Å². The highest BCUT2D eigenvalue weighted by molar-refractivity contribution is 5.95. The Morgan fingerprint density at radius 1 is 1.10 bits per heavy atom. The van der Waals surface area contributed by atoms with Gasteiger partial charge in [-0.1, -0.05) is 6.07 Å². The lowest BCUT2D eigenvalue weighted by molar-refractivity contribution is 0.00559. The average Bonchev–Trinajstić information content (AvgIpc) is 2.45. The van der Waals surface area contributed by atoms with Gasteiger partial charge in [0, 0.05) is 12.8 Å². The van der Waals surface area contributed by atoms with Crippen LogP contribution in [-0.4, -0.2) is 52.7 Å². The molecule has 0 aromatic heterocycles. The molecule has 1 aromatic rings. The fraction of sp³-hybridized carbons (Fsp3) is 0.500. The van der Waals surface area contributed by atoms with Crippen LogP contribution in [0.1, 0.15) is 10.4 Å². The van der Waals surface area contributed by atoms with Gasteiger partial charge < -0.3 is 24.7 Å². The van der Waals surface area contributed by atoms with Crippen molar-refractivity contribution < 1.29 is 28.1 Å². The first-order valence-electron chi connectivity index (χ1n) is 6.52. The summed E-state index contributed by atoms with van der Waals surface area (Å²) >= 11 is 0.